The molecule has 3 aliphatic rings. The van der Waals surface area contributed by atoms with Gasteiger partial charge in [-0.05, 0) is 72.6 Å². The third-order valence-corrected chi connectivity index (χ3v) is 8.42. The van der Waals surface area contributed by atoms with Gasteiger partial charge in [0.05, 0.1) is 17.1 Å². The first-order chi connectivity index (χ1) is 14.9. The van der Waals surface area contributed by atoms with Gasteiger partial charge in [-0.15, -0.1) is 0 Å². The molecule has 1 amide bonds. The largest absolute Gasteiger partial charge is 0.372 e. The predicted molar refractivity (Wildman–Crippen MR) is 115 cm³/mol. The van der Waals surface area contributed by atoms with Crippen LogP contribution in [0.5, 0.6) is 0 Å². The van der Waals surface area contributed by atoms with Gasteiger partial charge < -0.3 is 10.1 Å². The van der Waals surface area contributed by atoms with E-state index < -0.39 is 15.6 Å². The average Bonchev–Trinajstić information content (AvgIpc) is 3.38. The Labute approximate surface area is 182 Å². The lowest BCUT2D eigenvalue weighted by Crippen LogP contribution is -2.63. The van der Waals surface area contributed by atoms with Gasteiger partial charge in [0.1, 0.15) is 0 Å². The van der Waals surface area contributed by atoms with Gasteiger partial charge in [0.15, 0.2) is 0 Å². The molecule has 0 bridgehead atoms. The lowest BCUT2D eigenvalue weighted by atomic mass is 9.87. The van der Waals surface area contributed by atoms with Crippen molar-refractivity contribution < 1.29 is 17.9 Å². The zero-order valence-corrected chi connectivity index (χ0v) is 18.2. The lowest BCUT2D eigenvalue weighted by molar-refractivity contribution is -0.122. The van der Waals surface area contributed by atoms with Crippen LogP contribution in [0.1, 0.15) is 36.0 Å². The van der Waals surface area contributed by atoms with Crippen LogP contribution in [0, 0.1) is 5.92 Å². The molecule has 1 atom stereocenters. The van der Waals surface area contributed by atoms with Crippen LogP contribution < -0.4 is 5.32 Å². The van der Waals surface area contributed by atoms with E-state index in [-0.39, 0.29) is 11.8 Å². The highest BCUT2D eigenvalue weighted by Crippen LogP contribution is 2.41. The number of carbonyl (C=O) groups excluding carboxylic acids is 1. The standard InChI is InChI=1S/C23H27N3O4S/c27-22(25-13-17-6-8-24-9-7-17)10-18-12-23(30-14-18)15-26(16-23)31(28,29)21-5-4-19-2-1-3-20(19)11-21/h4-9,11,18H,1-3,10,12-16H2,(H,25,27). The molecule has 1 aliphatic carbocycles. The number of sulfonamides is 1. The molecule has 0 saturated carbocycles. The summed E-state index contributed by atoms with van der Waals surface area (Å²) < 4.78 is 33.6. The first-order valence-corrected chi connectivity index (χ1v) is 12.3. The molecule has 1 unspecified atom stereocenters. The molecular formula is C23H27N3O4S. The zero-order valence-electron chi connectivity index (χ0n) is 17.4. The second kappa shape index (κ2) is 8.00. The molecule has 2 aliphatic heterocycles. The lowest BCUT2D eigenvalue weighted by Gasteiger charge is -2.46. The van der Waals surface area contributed by atoms with E-state index in [0.29, 0.717) is 44.0 Å². The van der Waals surface area contributed by atoms with E-state index in [2.05, 4.69) is 10.3 Å². The Morgan fingerprint density at radius 3 is 2.74 bits per heavy atom. The molecule has 164 valence electrons. The van der Waals surface area contributed by atoms with Gasteiger partial charge in [-0.1, -0.05) is 6.07 Å². The summed E-state index contributed by atoms with van der Waals surface area (Å²) in [6, 6.07) is 9.28. The monoisotopic (exact) mass is 441 g/mol. The van der Waals surface area contributed by atoms with E-state index in [1.807, 2.05) is 24.3 Å². The highest BCUT2D eigenvalue weighted by molar-refractivity contribution is 7.89. The minimum atomic E-state index is -3.50. The van der Waals surface area contributed by atoms with E-state index >= 15 is 0 Å². The maximum atomic E-state index is 13.0. The number of hydrogen-bond donors (Lipinski definition) is 1. The maximum absolute atomic E-state index is 13.0. The number of amides is 1. The highest BCUT2D eigenvalue weighted by Gasteiger charge is 2.53. The second-order valence-electron chi connectivity index (χ2n) is 8.96. The van der Waals surface area contributed by atoms with Crippen molar-refractivity contribution in [2.24, 2.45) is 5.92 Å². The highest BCUT2D eigenvalue weighted by atomic mass is 32.2. The van der Waals surface area contributed by atoms with E-state index in [1.165, 1.54) is 9.87 Å². The van der Waals surface area contributed by atoms with Crippen LogP contribution in [0.4, 0.5) is 0 Å². The summed E-state index contributed by atoms with van der Waals surface area (Å²) in [5.41, 5.74) is 2.99. The summed E-state index contributed by atoms with van der Waals surface area (Å²) in [6.07, 6.45) is 7.60. The number of nitrogens with zero attached hydrogens (tertiary/aromatic N) is 2. The smallest absolute Gasteiger partial charge is 0.243 e. The van der Waals surface area contributed by atoms with Crippen molar-refractivity contribution in [1.29, 1.82) is 0 Å². The minimum Gasteiger partial charge on any atom is -0.372 e. The molecule has 5 rings (SSSR count). The van der Waals surface area contributed by atoms with E-state index in [0.717, 1.165) is 30.4 Å². The van der Waals surface area contributed by atoms with Gasteiger partial charge >= 0.3 is 0 Å². The molecule has 7 nitrogen and oxygen atoms in total. The van der Waals surface area contributed by atoms with E-state index in [1.54, 1.807) is 18.5 Å². The Kier molecular flexibility index (Phi) is 5.32. The molecule has 1 spiro atoms. The predicted octanol–water partition coefficient (Wildman–Crippen LogP) is 2.06. The number of aryl methyl sites for hydroxylation is 2. The van der Waals surface area contributed by atoms with Crippen LogP contribution >= 0.6 is 0 Å². The fourth-order valence-electron chi connectivity index (χ4n) is 4.95. The first kappa shape index (κ1) is 20.6. The van der Waals surface area contributed by atoms with Gasteiger partial charge in [0, 0.05) is 38.4 Å². The van der Waals surface area contributed by atoms with Crippen LogP contribution in [-0.4, -0.2) is 48.9 Å². The number of nitrogens with one attached hydrogen (secondary N) is 1. The van der Waals surface area contributed by atoms with Crippen molar-refractivity contribution in [3.63, 3.8) is 0 Å². The topological polar surface area (TPSA) is 88.6 Å². The number of carbonyl (C=O) groups is 1. The second-order valence-corrected chi connectivity index (χ2v) is 10.9. The normalized spacial score (nSPS) is 22.3. The molecule has 1 N–H and O–H groups in total. The Bertz CT molecular complexity index is 1080. The fraction of sp³-hybridized carbons (Fsp3) is 0.478. The molecule has 2 fully saturated rings. The van der Waals surface area contributed by atoms with Crippen molar-refractivity contribution in [2.45, 2.75) is 49.1 Å². The number of rotatable bonds is 6. The van der Waals surface area contributed by atoms with Crippen LogP contribution in [0.15, 0.2) is 47.6 Å². The fourth-order valence-corrected chi connectivity index (χ4v) is 6.59. The number of fused-ring (bicyclic) bond motifs is 1. The summed E-state index contributed by atoms with van der Waals surface area (Å²) in [5, 5.41) is 2.94. The molecule has 1 aromatic heterocycles. The summed E-state index contributed by atoms with van der Waals surface area (Å²) >= 11 is 0. The molecule has 3 heterocycles. The Hall–Kier alpha value is -2.29. The molecule has 2 saturated heterocycles. The van der Waals surface area contributed by atoms with E-state index in [4.69, 9.17) is 4.74 Å². The van der Waals surface area contributed by atoms with Crippen molar-refractivity contribution in [2.75, 3.05) is 19.7 Å². The SMILES string of the molecule is O=C(CC1COC2(C1)CN(S(=O)(=O)c1ccc3c(c1)CCC3)C2)NCc1ccncc1. The third-order valence-electron chi connectivity index (χ3n) is 6.64. The van der Waals surface area contributed by atoms with Crippen LogP contribution in [0.3, 0.4) is 0 Å². The van der Waals surface area contributed by atoms with Gasteiger partial charge in [0.2, 0.25) is 15.9 Å². The van der Waals surface area contributed by atoms with Gasteiger partial charge in [-0.3, -0.25) is 9.78 Å². The molecule has 2 aromatic rings. The van der Waals surface area contributed by atoms with Crippen molar-refractivity contribution >= 4 is 15.9 Å². The summed E-state index contributed by atoms with van der Waals surface area (Å²) in [4.78, 5) is 16.7. The summed E-state index contributed by atoms with van der Waals surface area (Å²) in [6.45, 7) is 1.70. The quantitative estimate of drug-likeness (QED) is 0.741. The first-order valence-electron chi connectivity index (χ1n) is 10.9. The van der Waals surface area contributed by atoms with Gasteiger partial charge in [-0.25, -0.2) is 8.42 Å². The van der Waals surface area contributed by atoms with Gasteiger partial charge in [-0.2, -0.15) is 4.31 Å². The number of benzene rings is 1. The van der Waals surface area contributed by atoms with Crippen molar-refractivity contribution in [3.8, 4) is 0 Å². The van der Waals surface area contributed by atoms with Crippen LogP contribution in [-0.2, 0) is 38.9 Å². The molecule has 31 heavy (non-hydrogen) atoms. The average molecular weight is 442 g/mol. The maximum Gasteiger partial charge on any atom is 0.243 e. The Balaban J connectivity index is 1.14. The van der Waals surface area contributed by atoms with Crippen LogP contribution in [0.2, 0.25) is 0 Å². The summed E-state index contributed by atoms with van der Waals surface area (Å²) in [7, 11) is -3.50. The van der Waals surface area contributed by atoms with Crippen molar-refractivity contribution in [3.05, 3.63) is 59.4 Å². The number of aromatic nitrogens is 1. The number of ether oxygens (including phenoxy) is 1. The Morgan fingerprint density at radius 1 is 1.16 bits per heavy atom. The molecule has 1 aromatic carbocycles. The van der Waals surface area contributed by atoms with E-state index in [9.17, 15) is 13.2 Å². The number of hydrogen-bond acceptors (Lipinski definition) is 5. The Morgan fingerprint density at radius 2 is 1.94 bits per heavy atom. The minimum absolute atomic E-state index is 0.00981. The van der Waals surface area contributed by atoms with Crippen molar-refractivity contribution in [1.82, 2.24) is 14.6 Å². The zero-order chi connectivity index (χ0) is 21.5. The van der Waals surface area contributed by atoms with Gasteiger partial charge in [0.25, 0.3) is 0 Å². The molecule has 0 radical (unpaired) electrons. The number of pyridine rings is 1. The molecular weight excluding hydrogens is 414 g/mol. The van der Waals surface area contributed by atoms with Crippen LogP contribution in [0.25, 0.3) is 0 Å². The summed E-state index contributed by atoms with van der Waals surface area (Å²) in [5.74, 6) is 0.103. The third kappa shape index (κ3) is 4.12. The molecule has 8 heteroatoms.